The predicted octanol–water partition coefficient (Wildman–Crippen LogP) is 1.15. The van der Waals surface area contributed by atoms with Crippen molar-refractivity contribution in [1.29, 1.82) is 0 Å². The first-order valence-corrected chi connectivity index (χ1v) is 8.66. The highest BCUT2D eigenvalue weighted by Crippen LogP contribution is 2.15. The van der Waals surface area contributed by atoms with Gasteiger partial charge in [0.05, 0.1) is 18.1 Å². The molecule has 9 heteroatoms. The first kappa shape index (κ1) is 19.8. The van der Waals surface area contributed by atoms with E-state index in [-0.39, 0.29) is 30.3 Å². The number of non-ortho nitro benzene ring substituents is 1. The van der Waals surface area contributed by atoms with E-state index >= 15 is 0 Å². The number of nitrogens with one attached hydrogen (secondary N) is 2. The summed E-state index contributed by atoms with van der Waals surface area (Å²) in [5, 5.41) is 16.0. The van der Waals surface area contributed by atoms with Crippen LogP contribution < -0.4 is 10.6 Å². The molecule has 1 saturated heterocycles. The number of nitrogens with zero attached hydrogens (tertiary/aromatic N) is 2. The van der Waals surface area contributed by atoms with Crippen molar-refractivity contribution in [3.05, 3.63) is 34.4 Å². The second kappa shape index (κ2) is 10.5. The number of benzene rings is 1. The maximum absolute atomic E-state index is 11.8. The maximum Gasteiger partial charge on any atom is 0.269 e. The lowest BCUT2D eigenvalue weighted by Crippen LogP contribution is -2.38. The molecule has 0 spiro atoms. The topological polar surface area (TPSA) is 114 Å². The number of ether oxygens (including phenoxy) is 1. The molecule has 9 nitrogen and oxygen atoms in total. The van der Waals surface area contributed by atoms with Crippen molar-refractivity contribution in [2.45, 2.75) is 19.3 Å². The standard InChI is InChI=1S/C17H24N4O5/c22-16(18-8-1-9-20-10-12-26-13-11-20)6-7-17(23)19-14-2-4-15(5-3-14)21(24)25/h2-5H,1,6-13H2,(H,18,22)(H,19,23). The summed E-state index contributed by atoms with van der Waals surface area (Å²) >= 11 is 0. The number of nitro benzene ring substituents is 1. The molecule has 26 heavy (non-hydrogen) atoms. The van der Waals surface area contributed by atoms with Crippen molar-refractivity contribution in [1.82, 2.24) is 10.2 Å². The van der Waals surface area contributed by atoms with E-state index in [2.05, 4.69) is 15.5 Å². The first-order valence-electron chi connectivity index (χ1n) is 8.66. The third kappa shape index (κ3) is 7.16. The minimum atomic E-state index is -0.505. The van der Waals surface area contributed by atoms with Gasteiger partial charge in [0, 0.05) is 50.3 Å². The Morgan fingerprint density at radius 3 is 2.42 bits per heavy atom. The molecule has 0 bridgehead atoms. The lowest BCUT2D eigenvalue weighted by Gasteiger charge is -2.26. The summed E-state index contributed by atoms with van der Waals surface area (Å²) in [5.74, 6) is -0.465. The van der Waals surface area contributed by atoms with Crippen LogP contribution in [0.2, 0.25) is 0 Å². The number of hydrogen-bond donors (Lipinski definition) is 2. The molecule has 0 aromatic heterocycles. The number of carbonyl (C=O) groups is 2. The molecule has 1 aliphatic rings. The number of morpholine rings is 1. The zero-order valence-corrected chi connectivity index (χ0v) is 14.6. The smallest absolute Gasteiger partial charge is 0.269 e. The zero-order chi connectivity index (χ0) is 18.8. The summed E-state index contributed by atoms with van der Waals surface area (Å²) < 4.78 is 5.28. The molecule has 0 radical (unpaired) electrons. The van der Waals surface area contributed by atoms with Crippen molar-refractivity contribution in [3.8, 4) is 0 Å². The Hall–Kier alpha value is -2.52. The summed E-state index contributed by atoms with van der Waals surface area (Å²) in [5.41, 5.74) is 0.422. The van der Waals surface area contributed by atoms with Crippen LogP contribution in [0.3, 0.4) is 0 Å². The van der Waals surface area contributed by atoms with Crippen molar-refractivity contribution in [3.63, 3.8) is 0 Å². The van der Waals surface area contributed by atoms with Gasteiger partial charge in [0.2, 0.25) is 11.8 Å². The largest absolute Gasteiger partial charge is 0.379 e. The van der Waals surface area contributed by atoms with Gasteiger partial charge in [0.15, 0.2) is 0 Å². The molecule has 1 aromatic rings. The fraction of sp³-hybridized carbons (Fsp3) is 0.529. The minimum absolute atomic E-state index is 0.0422. The van der Waals surface area contributed by atoms with Crippen LogP contribution in [0.5, 0.6) is 0 Å². The Morgan fingerprint density at radius 2 is 1.77 bits per heavy atom. The molecule has 0 aliphatic carbocycles. The summed E-state index contributed by atoms with van der Waals surface area (Å²) in [4.78, 5) is 36.0. The molecule has 1 aliphatic heterocycles. The van der Waals surface area contributed by atoms with Gasteiger partial charge >= 0.3 is 0 Å². The molecular formula is C17H24N4O5. The van der Waals surface area contributed by atoms with E-state index < -0.39 is 4.92 Å². The molecule has 1 fully saturated rings. The Kier molecular flexibility index (Phi) is 7.97. The van der Waals surface area contributed by atoms with Crippen LogP contribution in [0.25, 0.3) is 0 Å². The van der Waals surface area contributed by atoms with E-state index in [0.29, 0.717) is 12.2 Å². The van der Waals surface area contributed by atoms with E-state index in [0.717, 1.165) is 39.3 Å². The van der Waals surface area contributed by atoms with Crippen LogP contribution in [0, 0.1) is 10.1 Å². The molecule has 1 aromatic carbocycles. The highest BCUT2D eigenvalue weighted by Gasteiger charge is 2.11. The fourth-order valence-corrected chi connectivity index (χ4v) is 2.56. The summed E-state index contributed by atoms with van der Waals surface area (Å²) in [6.45, 7) is 4.88. The normalized spacial score (nSPS) is 14.6. The second-order valence-electron chi connectivity index (χ2n) is 6.01. The van der Waals surface area contributed by atoms with E-state index in [1.54, 1.807) is 0 Å². The van der Waals surface area contributed by atoms with Crippen molar-refractivity contribution < 1.29 is 19.2 Å². The SMILES string of the molecule is O=C(CCC(=O)Nc1ccc([N+](=O)[O-])cc1)NCCCN1CCOCC1. The summed E-state index contributed by atoms with van der Waals surface area (Å²) in [6.07, 6.45) is 1.03. The van der Waals surface area contributed by atoms with Gasteiger partial charge in [-0.15, -0.1) is 0 Å². The predicted molar refractivity (Wildman–Crippen MR) is 95.8 cm³/mol. The highest BCUT2D eigenvalue weighted by atomic mass is 16.6. The molecule has 2 N–H and O–H groups in total. The van der Waals surface area contributed by atoms with Crippen LogP contribution in [-0.2, 0) is 14.3 Å². The van der Waals surface area contributed by atoms with Gasteiger partial charge in [-0.1, -0.05) is 0 Å². The van der Waals surface area contributed by atoms with Crippen molar-refractivity contribution in [2.24, 2.45) is 0 Å². The van der Waals surface area contributed by atoms with E-state index in [1.807, 2.05) is 0 Å². The third-order valence-corrected chi connectivity index (χ3v) is 4.02. The Morgan fingerprint density at radius 1 is 1.12 bits per heavy atom. The quantitative estimate of drug-likeness (QED) is 0.386. The van der Waals surface area contributed by atoms with E-state index in [1.165, 1.54) is 24.3 Å². The number of amides is 2. The number of hydrogen-bond acceptors (Lipinski definition) is 6. The molecule has 1 heterocycles. The molecule has 2 rings (SSSR count). The van der Waals surface area contributed by atoms with Crippen LogP contribution in [-0.4, -0.2) is 61.0 Å². The van der Waals surface area contributed by atoms with Gasteiger partial charge in [-0.2, -0.15) is 0 Å². The lowest BCUT2D eigenvalue weighted by atomic mass is 10.2. The van der Waals surface area contributed by atoms with Crippen LogP contribution in [0.1, 0.15) is 19.3 Å². The molecule has 0 saturated carbocycles. The van der Waals surface area contributed by atoms with Gasteiger partial charge in [0.25, 0.3) is 5.69 Å². The van der Waals surface area contributed by atoms with E-state index in [9.17, 15) is 19.7 Å². The zero-order valence-electron chi connectivity index (χ0n) is 14.6. The summed E-state index contributed by atoms with van der Waals surface area (Å²) in [6, 6.07) is 5.55. The highest BCUT2D eigenvalue weighted by molar-refractivity contribution is 5.93. The average molecular weight is 364 g/mol. The number of carbonyl (C=O) groups excluding carboxylic acids is 2. The van der Waals surface area contributed by atoms with Crippen LogP contribution in [0.4, 0.5) is 11.4 Å². The van der Waals surface area contributed by atoms with Gasteiger partial charge in [-0.3, -0.25) is 24.6 Å². The van der Waals surface area contributed by atoms with Gasteiger partial charge in [0.1, 0.15) is 0 Å². The second-order valence-corrected chi connectivity index (χ2v) is 6.01. The van der Waals surface area contributed by atoms with Gasteiger partial charge < -0.3 is 15.4 Å². The molecular weight excluding hydrogens is 340 g/mol. The number of anilines is 1. The minimum Gasteiger partial charge on any atom is -0.379 e. The van der Waals surface area contributed by atoms with Crippen LogP contribution >= 0.6 is 0 Å². The monoisotopic (exact) mass is 364 g/mol. The first-order chi connectivity index (χ1) is 12.5. The third-order valence-electron chi connectivity index (χ3n) is 4.02. The maximum atomic E-state index is 11.8. The number of nitro groups is 1. The van der Waals surface area contributed by atoms with Crippen LogP contribution in [0.15, 0.2) is 24.3 Å². The lowest BCUT2D eigenvalue weighted by molar-refractivity contribution is -0.384. The molecule has 0 atom stereocenters. The number of rotatable bonds is 9. The Bertz CT molecular complexity index is 614. The molecule has 0 unspecified atom stereocenters. The summed E-state index contributed by atoms with van der Waals surface area (Å²) in [7, 11) is 0. The van der Waals surface area contributed by atoms with Gasteiger partial charge in [-0.25, -0.2) is 0 Å². The van der Waals surface area contributed by atoms with Crippen molar-refractivity contribution >= 4 is 23.2 Å². The molecule has 142 valence electrons. The fourth-order valence-electron chi connectivity index (χ4n) is 2.56. The molecule has 2 amide bonds. The Labute approximate surface area is 151 Å². The Balaban J connectivity index is 1.57. The van der Waals surface area contributed by atoms with E-state index in [4.69, 9.17) is 4.74 Å². The van der Waals surface area contributed by atoms with Gasteiger partial charge in [-0.05, 0) is 25.1 Å². The van der Waals surface area contributed by atoms with Crippen molar-refractivity contribution in [2.75, 3.05) is 44.7 Å². The average Bonchev–Trinajstić information content (AvgIpc) is 2.65.